The van der Waals surface area contributed by atoms with E-state index in [0.29, 0.717) is 24.5 Å². The maximum absolute atomic E-state index is 12.4. The van der Waals surface area contributed by atoms with Crippen molar-refractivity contribution < 1.29 is 14.3 Å². The van der Waals surface area contributed by atoms with Crippen LogP contribution >= 0.6 is 15.9 Å². The SMILES string of the molecule is COc1cc(C(=O)N2C[C@@H]3C[C@H]2CO3)ccc1Br. The molecule has 1 amide bonds. The summed E-state index contributed by atoms with van der Waals surface area (Å²) >= 11 is 3.39. The number of hydrogen-bond acceptors (Lipinski definition) is 3. The average Bonchev–Trinajstić information content (AvgIpc) is 3.00. The molecule has 1 aromatic rings. The molecule has 2 atom stereocenters. The first-order valence-electron chi connectivity index (χ1n) is 5.95. The van der Waals surface area contributed by atoms with Gasteiger partial charge in [0.15, 0.2) is 0 Å². The molecule has 18 heavy (non-hydrogen) atoms. The van der Waals surface area contributed by atoms with Gasteiger partial charge in [0.1, 0.15) is 5.75 Å². The number of hydrogen-bond donors (Lipinski definition) is 0. The van der Waals surface area contributed by atoms with Gasteiger partial charge in [-0.05, 0) is 40.5 Å². The predicted molar refractivity (Wildman–Crippen MR) is 69.9 cm³/mol. The van der Waals surface area contributed by atoms with Crippen LogP contribution in [0.1, 0.15) is 16.8 Å². The largest absolute Gasteiger partial charge is 0.496 e. The first kappa shape index (κ1) is 12.0. The normalized spacial score (nSPS) is 25.6. The number of nitrogens with zero attached hydrogens (tertiary/aromatic N) is 1. The third kappa shape index (κ3) is 1.91. The van der Waals surface area contributed by atoms with Crippen LogP contribution in [0.25, 0.3) is 0 Å². The highest BCUT2D eigenvalue weighted by Crippen LogP contribution is 2.31. The lowest BCUT2D eigenvalue weighted by Gasteiger charge is -2.27. The Morgan fingerprint density at radius 2 is 2.39 bits per heavy atom. The van der Waals surface area contributed by atoms with Gasteiger partial charge in [0.05, 0.1) is 30.3 Å². The van der Waals surface area contributed by atoms with Crippen molar-refractivity contribution >= 4 is 21.8 Å². The summed E-state index contributed by atoms with van der Waals surface area (Å²) < 4.78 is 11.6. The number of carbonyl (C=O) groups excluding carboxylic acids is 1. The van der Waals surface area contributed by atoms with E-state index in [0.717, 1.165) is 10.9 Å². The van der Waals surface area contributed by atoms with Gasteiger partial charge in [-0.3, -0.25) is 4.79 Å². The highest BCUT2D eigenvalue weighted by Gasteiger charge is 2.41. The molecule has 2 heterocycles. The molecule has 96 valence electrons. The molecule has 2 aliphatic heterocycles. The number of fused-ring (bicyclic) bond motifs is 2. The maximum atomic E-state index is 12.4. The summed E-state index contributed by atoms with van der Waals surface area (Å²) in [6.45, 7) is 1.38. The molecule has 2 fully saturated rings. The lowest BCUT2D eigenvalue weighted by Crippen LogP contribution is -2.41. The Labute approximate surface area is 114 Å². The number of methoxy groups -OCH3 is 1. The molecule has 1 aromatic carbocycles. The van der Waals surface area contributed by atoms with Gasteiger partial charge in [-0.25, -0.2) is 0 Å². The first-order valence-corrected chi connectivity index (χ1v) is 6.74. The van der Waals surface area contributed by atoms with Crippen molar-refractivity contribution in [2.75, 3.05) is 20.3 Å². The number of carbonyl (C=O) groups is 1. The summed E-state index contributed by atoms with van der Waals surface area (Å²) in [5.41, 5.74) is 0.669. The van der Waals surface area contributed by atoms with Crippen LogP contribution < -0.4 is 4.74 Å². The number of benzene rings is 1. The van der Waals surface area contributed by atoms with Gasteiger partial charge in [-0.2, -0.15) is 0 Å². The Balaban J connectivity index is 1.84. The second-order valence-electron chi connectivity index (χ2n) is 4.65. The van der Waals surface area contributed by atoms with E-state index >= 15 is 0 Å². The van der Waals surface area contributed by atoms with Gasteiger partial charge >= 0.3 is 0 Å². The molecule has 0 aromatic heterocycles. The van der Waals surface area contributed by atoms with Crippen molar-refractivity contribution in [3.05, 3.63) is 28.2 Å². The van der Waals surface area contributed by atoms with E-state index in [4.69, 9.17) is 9.47 Å². The lowest BCUT2D eigenvalue weighted by molar-refractivity contribution is 0.0259. The van der Waals surface area contributed by atoms with Gasteiger partial charge in [0.2, 0.25) is 0 Å². The number of amides is 1. The van der Waals surface area contributed by atoms with Crippen LogP contribution in [0.5, 0.6) is 5.75 Å². The predicted octanol–water partition coefficient (Wildman–Crippen LogP) is 2.07. The Hall–Kier alpha value is -1.07. The number of rotatable bonds is 2. The minimum atomic E-state index is 0.0663. The smallest absolute Gasteiger partial charge is 0.254 e. The van der Waals surface area contributed by atoms with Crippen LogP contribution in [0.3, 0.4) is 0 Å². The molecule has 4 nitrogen and oxygen atoms in total. The summed E-state index contributed by atoms with van der Waals surface area (Å²) in [5.74, 6) is 0.748. The summed E-state index contributed by atoms with van der Waals surface area (Å²) in [4.78, 5) is 14.3. The van der Waals surface area contributed by atoms with Crippen molar-refractivity contribution in [2.24, 2.45) is 0 Å². The Bertz CT molecular complexity index is 491. The zero-order valence-corrected chi connectivity index (χ0v) is 11.6. The highest BCUT2D eigenvalue weighted by atomic mass is 79.9. The van der Waals surface area contributed by atoms with Gasteiger partial charge < -0.3 is 14.4 Å². The lowest BCUT2D eigenvalue weighted by atomic mass is 10.1. The maximum Gasteiger partial charge on any atom is 0.254 e. The van der Waals surface area contributed by atoms with Crippen molar-refractivity contribution in [1.82, 2.24) is 4.90 Å². The van der Waals surface area contributed by atoms with Gasteiger partial charge in [0, 0.05) is 12.1 Å². The highest BCUT2D eigenvalue weighted by molar-refractivity contribution is 9.10. The second kappa shape index (κ2) is 4.55. The topological polar surface area (TPSA) is 38.8 Å². The monoisotopic (exact) mass is 311 g/mol. The quantitative estimate of drug-likeness (QED) is 0.839. The first-order chi connectivity index (χ1) is 8.69. The summed E-state index contributed by atoms with van der Waals surface area (Å²) in [7, 11) is 1.60. The average molecular weight is 312 g/mol. The van der Waals surface area contributed by atoms with E-state index in [2.05, 4.69) is 15.9 Å². The molecule has 5 heteroatoms. The molecule has 2 bridgehead atoms. The molecule has 2 aliphatic rings. The third-order valence-electron chi connectivity index (χ3n) is 3.56. The number of ether oxygens (including phenoxy) is 2. The van der Waals surface area contributed by atoms with Crippen LogP contribution in [-0.2, 0) is 4.74 Å². The molecule has 0 saturated carbocycles. The fourth-order valence-corrected chi connectivity index (χ4v) is 3.02. The number of morpholine rings is 1. The molecule has 0 N–H and O–H groups in total. The van der Waals surface area contributed by atoms with Crippen molar-refractivity contribution in [3.63, 3.8) is 0 Å². The number of likely N-dealkylation sites (tertiary alicyclic amines) is 1. The van der Waals surface area contributed by atoms with Crippen LogP contribution in [0.4, 0.5) is 0 Å². The Morgan fingerprint density at radius 1 is 1.56 bits per heavy atom. The van der Waals surface area contributed by atoms with E-state index in [1.165, 1.54) is 0 Å². The fraction of sp³-hybridized carbons (Fsp3) is 0.462. The van der Waals surface area contributed by atoms with E-state index in [-0.39, 0.29) is 18.1 Å². The molecular weight excluding hydrogens is 298 g/mol. The van der Waals surface area contributed by atoms with E-state index < -0.39 is 0 Å². The summed E-state index contributed by atoms with van der Waals surface area (Å²) in [6, 6.07) is 5.69. The van der Waals surface area contributed by atoms with Crippen molar-refractivity contribution in [3.8, 4) is 5.75 Å². The molecule has 0 spiro atoms. The molecule has 0 aliphatic carbocycles. The van der Waals surface area contributed by atoms with Crippen LogP contribution in [0.2, 0.25) is 0 Å². The van der Waals surface area contributed by atoms with E-state index in [9.17, 15) is 4.79 Å². The zero-order valence-electron chi connectivity index (χ0n) is 10.1. The summed E-state index contributed by atoms with van der Waals surface area (Å²) in [5, 5.41) is 0. The fourth-order valence-electron chi connectivity index (χ4n) is 2.61. The number of halogens is 1. The standard InChI is InChI=1S/C13H14BrNO3/c1-17-12-4-8(2-3-11(12)14)13(16)15-6-10-5-9(15)7-18-10/h2-4,9-10H,5-7H2,1H3/t9-,10-/m0/s1. The zero-order chi connectivity index (χ0) is 12.7. The van der Waals surface area contributed by atoms with Crippen molar-refractivity contribution in [2.45, 2.75) is 18.6 Å². The van der Waals surface area contributed by atoms with E-state index in [1.54, 1.807) is 13.2 Å². The molecule has 0 radical (unpaired) electrons. The molecule has 0 unspecified atom stereocenters. The molecular formula is C13H14BrNO3. The van der Waals surface area contributed by atoms with Crippen LogP contribution in [0.15, 0.2) is 22.7 Å². The van der Waals surface area contributed by atoms with Gasteiger partial charge in [0.25, 0.3) is 5.91 Å². The van der Waals surface area contributed by atoms with Gasteiger partial charge in [-0.1, -0.05) is 0 Å². The van der Waals surface area contributed by atoms with E-state index in [1.807, 2.05) is 17.0 Å². The third-order valence-corrected chi connectivity index (χ3v) is 4.21. The van der Waals surface area contributed by atoms with Gasteiger partial charge in [-0.15, -0.1) is 0 Å². The molecule has 2 saturated heterocycles. The Morgan fingerprint density at radius 3 is 3.00 bits per heavy atom. The van der Waals surface area contributed by atoms with Crippen LogP contribution in [0, 0.1) is 0 Å². The second-order valence-corrected chi connectivity index (χ2v) is 5.51. The van der Waals surface area contributed by atoms with Crippen LogP contribution in [-0.4, -0.2) is 43.2 Å². The Kier molecular flexibility index (Phi) is 3.03. The minimum Gasteiger partial charge on any atom is -0.496 e. The minimum absolute atomic E-state index is 0.0663. The molecule has 3 rings (SSSR count). The van der Waals surface area contributed by atoms with Crippen molar-refractivity contribution in [1.29, 1.82) is 0 Å². The summed E-state index contributed by atoms with van der Waals surface area (Å²) in [6.07, 6.45) is 1.20.